The molecule has 0 amide bonds. The second-order valence-electron chi connectivity index (χ2n) is 5.12. The molecule has 4 heteroatoms. The number of rotatable bonds is 3. The van der Waals surface area contributed by atoms with Gasteiger partial charge in [0.15, 0.2) is 0 Å². The largest absolute Gasteiger partial charge is 0.250 e. The van der Waals surface area contributed by atoms with Crippen LogP contribution in [0.3, 0.4) is 0 Å². The third-order valence-electron chi connectivity index (χ3n) is 3.64. The Morgan fingerprint density at radius 1 is 1.33 bits per heavy atom. The topological polar surface area (TPSA) is 15.3 Å². The van der Waals surface area contributed by atoms with Crippen LogP contribution in [0.15, 0.2) is 18.2 Å². The summed E-state index contributed by atoms with van der Waals surface area (Å²) in [6, 6.07) is 5.97. The zero-order chi connectivity index (χ0) is 13.1. The van der Waals surface area contributed by atoms with Crippen LogP contribution in [0.5, 0.6) is 0 Å². The smallest absolute Gasteiger partial charge is 0.141 e. The molecule has 0 aliphatic carbocycles. The summed E-state index contributed by atoms with van der Waals surface area (Å²) in [5, 5.41) is 2.50. The first-order chi connectivity index (χ1) is 8.58. The molecule has 1 fully saturated rings. The van der Waals surface area contributed by atoms with E-state index in [4.69, 9.17) is 11.6 Å². The number of hydrazine groups is 1. The number of benzene rings is 1. The van der Waals surface area contributed by atoms with Crippen molar-refractivity contribution in [2.24, 2.45) is 0 Å². The van der Waals surface area contributed by atoms with Gasteiger partial charge in [-0.25, -0.2) is 9.40 Å². The van der Waals surface area contributed by atoms with Crippen LogP contribution in [0.1, 0.15) is 38.7 Å². The molecule has 1 heterocycles. The summed E-state index contributed by atoms with van der Waals surface area (Å²) in [5.74, 6) is -0.361. The second-order valence-corrected chi connectivity index (χ2v) is 5.53. The number of halogens is 2. The molecule has 18 heavy (non-hydrogen) atoms. The van der Waals surface area contributed by atoms with Crippen LogP contribution in [-0.2, 0) is 6.54 Å². The normalized spacial score (nSPS) is 25.3. The first-order valence-electron chi connectivity index (χ1n) is 6.53. The Balaban J connectivity index is 1.95. The first-order valence-corrected chi connectivity index (χ1v) is 6.91. The minimum absolute atomic E-state index is 0.189. The molecule has 1 aromatic carbocycles. The summed E-state index contributed by atoms with van der Waals surface area (Å²) in [4.78, 5) is 0. The SMILES string of the molecule is CC1CCCC(C)N1NCc1ccc(F)c(Cl)c1. The number of nitrogens with zero attached hydrogens (tertiary/aromatic N) is 1. The van der Waals surface area contributed by atoms with E-state index in [-0.39, 0.29) is 10.8 Å². The second kappa shape index (κ2) is 6.00. The lowest BCUT2D eigenvalue weighted by Gasteiger charge is -2.39. The third-order valence-corrected chi connectivity index (χ3v) is 3.93. The van der Waals surface area contributed by atoms with Crippen molar-refractivity contribution in [3.63, 3.8) is 0 Å². The van der Waals surface area contributed by atoms with Gasteiger partial charge in [-0.15, -0.1) is 0 Å². The van der Waals surface area contributed by atoms with Gasteiger partial charge in [-0.05, 0) is 44.4 Å². The lowest BCUT2D eigenvalue weighted by Crippen LogP contribution is -2.51. The van der Waals surface area contributed by atoms with Crippen molar-refractivity contribution in [3.05, 3.63) is 34.6 Å². The maximum Gasteiger partial charge on any atom is 0.141 e. The molecule has 2 unspecified atom stereocenters. The quantitative estimate of drug-likeness (QED) is 0.900. The zero-order valence-corrected chi connectivity index (χ0v) is 11.7. The predicted molar refractivity (Wildman–Crippen MR) is 72.9 cm³/mol. The fourth-order valence-electron chi connectivity index (χ4n) is 2.57. The van der Waals surface area contributed by atoms with Crippen LogP contribution >= 0.6 is 11.6 Å². The van der Waals surface area contributed by atoms with E-state index in [0.29, 0.717) is 18.6 Å². The molecular weight excluding hydrogens is 251 g/mol. The molecule has 0 radical (unpaired) electrons. The van der Waals surface area contributed by atoms with Crippen molar-refractivity contribution in [1.29, 1.82) is 0 Å². The molecule has 0 saturated carbocycles. The molecule has 2 atom stereocenters. The van der Waals surface area contributed by atoms with Crippen LogP contribution in [0.25, 0.3) is 0 Å². The summed E-state index contributed by atoms with van der Waals surface area (Å²) in [6.45, 7) is 5.16. The van der Waals surface area contributed by atoms with Crippen LogP contribution in [0.4, 0.5) is 4.39 Å². The van der Waals surface area contributed by atoms with E-state index >= 15 is 0 Å². The Morgan fingerprint density at radius 3 is 2.61 bits per heavy atom. The van der Waals surface area contributed by atoms with Gasteiger partial charge in [0.25, 0.3) is 0 Å². The van der Waals surface area contributed by atoms with Crippen LogP contribution in [0, 0.1) is 5.82 Å². The summed E-state index contributed by atoms with van der Waals surface area (Å²) in [5.41, 5.74) is 4.44. The van der Waals surface area contributed by atoms with E-state index in [9.17, 15) is 4.39 Å². The van der Waals surface area contributed by atoms with Crippen LogP contribution in [0.2, 0.25) is 5.02 Å². The lowest BCUT2D eigenvalue weighted by molar-refractivity contribution is 0.0435. The van der Waals surface area contributed by atoms with E-state index in [1.165, 1.54) is 25.3 Å². The summed E-state index contributed by atoms with van der Waals surface area (Å²) >= 11 is 5.78. The lowest BCUT2D eigenvalue weighted by atomic mass is 10.00. The van der Waals surface area contributed by atoms with Crippen molar-refractivity contribution in [3.8, 4) is 0 Å². The standard InChI is InChI=1S/C14H20ClFN2/c1-10-4-3-5-11(2)18(10)17-9-12-6-7-14(16)13(15)8-12/h6-8,10-11,17H,3-5,9H2,1-2H3. The summed E-state index contributed by atoms with van der Waals surface area (Å²) < 4.78 is 13.1. The van der Waals surface area contributed by atoms with Crippen molar-refractivity contribution in [2.45, 2.75) is 51.7 Å². The van der Waals surface area contributed by atoms with E-state index in [0.717, 1.165) is 5.56 Å². The molecule has 1 N–H and O–H groups in total. The monoisotopic (exact) mass is 270 g/mol. The highest BCUT2D eigenvalue weighted by molar-refractivity contribution is 6.30. The van der Waals surface area contributed by atoms with Gasteiger partial charge in [0.2, 0.25) is 0 Å². The van der Waals surface area contributed by atoms with Gasteiger partial charge >= 0.3 is 0 Å². The van der Waals surface area contributed by atoms with E-state index in [1.54, 1.807) is 12.1 Å². The Bertz CT molecular complexity index is 401. The van der Waals surface area contributed by atoms with Gasteiger partial charge in [0.1, 0.15) is 5.82 Å². The molecular formula is C14H20ClFN2. The van der Waals surface area contributed by atoms with Crippen molar-refractivity contribution in [1.82, 2.24) is 10.4 Å². The molecule has 100 valence electrons. The van der Waals surface area contributed by atoms with Gasteiger partial charge in [0, 0.05) is 18.6 Å². The number of hydrogen-bond acceptors (Lipinski definition) is 2. The van der Waals surface area contributed by atoms with Gasteiger partial charge in [0.05, 0.1) is 5.02 Å². The van der Waals surface area contributed by atoms with Crippen molar-refractivity contribution in [2.75, 3.05) is 0 Å². The molecule has 0 aromatic heterocycles. The molecule has 2 rings (SSSR count). The van der Waals surface area contributed by atoms with Crippen molar-refractivity contribution < 1.29 is 4.39 Å². The minimum atomic E-state index is -0.361. The van der Waals surface area contributed by atoms with Crippen molar-refractivity contribution >= 4 is 11.6 Å². The third kappa shape index (κ3) is 3.22. The molecule has 1 aromatic rings. The average Bonchev–Trinajstić information content (AvgIpc) is 2.33. The van der Waals surface area contributed by atoms with E-state index in [2.05, 4.69) is 24.3 Å². The van der Waals surface area contributed by atoms with Gasteiger partial charge in [-0.3, -0.25) is 5.43 Å². The molecule has 1 aliphatic rings. The Hall–Kier alpha value is -0.640. The molecule has 2 nitrogen and oxygen atoms in total. The Kier molecular flexibility index (Phi) is 4.60. The maximum absolute atomic E-state index is 13.1. The zero-order valence-electron chi connectivity index (χ0n) is 10.9. The highest BCUT2D eigenvalue weighted by atomic mass is 35.5. The maximum atomic E-state index is 13.1. The number of hydrogen-bond donors (Lipinski definition) is 1. The van der Waals surface area contributed by atoms with E-state index in [1.807, 2.05) is 0 Å². The summed E-state index contributed by atoms with van der Waals surface area (Å²) in [7, 11) is 0. The van der Waals surface area contributed by atoms with Gasteiger partial charge < -0.3 is 0 Å². The van der Waals surface area contributed by atoms with Crippen LogP contribution in [-0.4, -0.2) is 17.1 Å². The molecule has 0 spiro atoms. The number of piperidine rings is 1. The molecule has 0 bridgehead atoms. The molecule has 1 saturated heterocycles. The number of nitrogens with one attached hydrogen (secondary N) is 1. The average molecular weight is 271 g/mol. The Morgan fingerprint density at radius 2 is 2.00 bits per heavy atom. The fourth-order valence-corrected chi connectivity index (χ4v) is 2.77. The van der Waals surface area contributed by atoms with Gasteiger partial charge in [-0.2, -0.15) is 0 Å². The predicted octanol–water partition coefficient (Wildman–Crippen LogP) is 3.75. The highest BCUT2D eigenvalue weighted by Crippen LogP contribution is 2.21. The fraction of sp³-hybridized carbons (Fsp3) is 0.571. The minimum Gasteiger partial charge on any atom is -0.250 e. The van der Waals surface area contributed by atoms with Gasteiger partial charge in [-0.1, -0.05) is 24.1 Å². The van der Waals surface area contributed by atoms with Crippen LogP contribution < -0.4 is 5.43 Å². The first kappa shape index (κ1) is 13.8. The Labute approximate surface area is 113 Å². The molecule has 1 aliphatic heterocycles. The van der Waals surface area contributed by atoms with E-state index < -0.39 is 0 Å². The summed E-state index contributed by atoms with van der Waals surface area (Å²) in [6.07, 6.45) is 3.74. The highest BCUT2D eigenvalue weighted by Gasteiger charge is 2.24.